The maximum Gasteiger partial charge on any atom is 0.160 e. The first kappa shape index (κ1) is 13.0. The summed E-state index contributed by atoms with van der Waals surface area (Å²) in [6.45, 7) is 3.76. The van der Waals surface area contributed by atoms with Crippen LogP contribution in [0.3, 0.4) is 0 Å². The van der Waals surface area contributed by atoms with Crippen molar-refractivity contribution in [1.29, 1.82) is 0 Å². The minimum Gasteiger partial charge on any atom is -0.300 e. The normalized spacial score (nSPS) is 35.7. The zero-order valence-corrected chi connectivity index (χ0v) is 12.6. The molecule has 21 heavy (non-hydrogen) atoms. The van der Waals surface area contributed by atoms with Gasteiger partial charge in [-0.15, -0.1) is 0 Å². The third-order valence-corrected chi connectivity index (χ3v) is 4.68. The second kappa shape index (κ2) is 4.18. The van der Waals surface area contributed by atoms with E-state index in [0.717, 1.165) is 44.2 Å². The van der Waals surface area contributed by atoms with Gasteiger partial charge in [0.1, 0.15) is 5.78 Å². The molecule has 2 unspecified atom stereocenters. The van der Waals surface area contributed by atoms with Gasteiger partial charge in [0.25, 0.3) is 0 Å². The third-order valence-electron chi connectivity index (χ3n) is 4.68. The highest BCUT2D eigenvalue weighted by Crippen LogP contribution is 2.44. The zero-order chi connectivity index (χ0) is 14.7. The number of carbonyl (C=O) groups excluding carboxylic acids is 1. The third kappa shape index (κ3) is 2.10. The quantitative estimate of drug-likeness (QED) is 0.765. The lowest BCUT2D eigenvalue weighted by Crippen LogP contribution is -2.50. The molecule has 0 bridgehead atoms. The van der Waals surface area contributed by atoms with Crippen LogP contribution in [0.4, 0.5) is 0 Å². The number of ketones is 1. The van der Waals surface area contributed by atoms with E-state index >= 15 is 0 Å². The van der Waals surface area contributed by atoms with E-state index in [2.05, 4.69) is 21.9 Å². The number of Topliss-reactive ketones (excluding diaryl/α,β-unsaturated/α-hetero) is 1. The van der Waals surface area contributed by atoms with Crippen LogP contribution in [-0.4, -0.2) is 40.0 Å². The van der Waals surface area contributed by atoms with Gasteiger partial charge in [-0.1, -0.05) is 6.92 Å². The summed E-state index contributed by atoms with van der Waals surface area (Å²) in [6, 6.07) is 0. The molecule has 5 nitrogen and oxygen atoms in total. The summed E-state index contributed by atoms with van der Waals surface area (Å²) in [5.74, 6) is 0.189. The molecule has 4 aliphatic heterocycles. The van der Waals surface area contributed by atoms with Crippen molar-refractivity contribution < 1.29 is 4.79 Å². The van der Waals surface area contributed by atoms with Crippen molar-refractivity contribution in [3.05, 3.63) is 0 Å². The Balaban J connectivity index is 1.31. The van der Waals surface area contributed by atoms with Gasteiger partial charge in [0.2, 0.25) is 0 Å². The molecule has 0 aromatic carbocycles. The topological polar surface area (TPSA) is 66.5 Å². The molecule has 0 fully saturated rings. The summed E-state index contributed by atoms with van der Waals surface area (Å²) >= 11 is 0. The smallest absolute Gasteiger partial charge is 0.160 e. The van der Waals surface area contributed by atoms with Crippen molar-refractivity contribution in [2.75, 3.05) is 0 Å². The Morgan fingerprint density at radius 1 is 0.905 bits per heavy atom. The van der Waals surface area contributed by atoms with Crippen molar-refractivity contribution in [3.8, 4) is 0 Å². The molecular formula is C16H20N4O. The Kier molecular flexibility index (Phi) is 2.60. The van der Waals surface area contributed by atoms with E-state index in [1.165, 1.54) is 17.1 Å². The van der Waals surface area contributed by atoms with Gasteiger partial charge in [0.15, 0.2) is 11.3 Å². The molecule has 0 aromatic heterocycles. The van der Waals surface area contributed by atoms with Crippen molar-refractivity contribution in [1.82, 2.24) is 0 Å². The average Bonchev–Trinajstić information content (AvgIpc) is 2.23. The van der Waals surface area contributed by atoms with Gasteiger partial charge in [-0.25, -0.2) is 0 Å². The number of carbonyl (C=O) groups is 1. The number of aliphatic imine (C=N–C) groups is 4. The van der Waals surface area contributed by atoms with Gasteiger partial charge in [0, 0.05) is 61.4 Å². The van der Waals surface area contributed by atoms with Gasteiger partial charge < -0.3 is 0 Å². The van der Waals surface area contributed by atoms with Gasteiger partial charge in [-0.2, -0.15) is 0 Å². The summed E-state index contributed by atoms with van der Waals surface area (Å²) in [5, 5.41) is 0. The average molecular weight is 284 g/mol. The van der Waals surface area contributed by atoms with Crippen LogP contribution in [0.25, 0.3) is 0 Å². The van der Waals surface area contributed by atoms with Gasteiger partial charge >= 0.3 is 0 Å². The van der Waals surface area contributed by atoms with Crippen LogP contribution in [0.1, 0.15) is 58.8 Å². The SMILES string of the molecule is CCC1=NC2(C1)CC(CC1=NC3(CC(CC(C)=O)=N3)C1)=N2. The highest BCUT2D eigenvalue weighted by atomic mass is 16.1. The zero-order valence-electron chi connectivity index (χ0n) is 12.6. The Labute approximate surface area is 124 Å². The molecule has 110 valence electrons. The van der Waals surface area contributed by atoms with Gasteiger partial charge in [-0.05, 0) is 13.3 Å². The minimum absolute atomic E-state index is 0.0635. The standard InChI is InChI=1S/C16H20N4O/c1-3-11-6-15(17-11)8-13(19-15)5-14-9-16(20-14)7-12(18-16)4-10(2)21/h3-9H2,1-2H3. The number of rotatable bonds is 5. The van der Waals surface area contributed by atoms with E-state index in [1.54, 1.807) is 6.92 Å². The fourth-order valence-electron chi connectivity index (χ4n) is 3.80. The maximum absolute atomic E-state index is 11.0. The minimum atomic E-state index is -0.188. The molecule has 0 radical (unpaired) electrons. The van der Waals surface area contributed by atoms with E-state index < -0.39 is 0 Å². The van der Waals surface area contributed by atoms with Crippen LogP contribution >= 0.6 is 0 Å². The fourth-order valence-corrected chi connectivity index (χ4v) is 3.80. The molecular weight excluding hydrogens is 264 g/mol. The van der Waals surface area contributed by atoms with Crippen molar-refractivity contribution >= 4 is 28.6 Å². The molecule has 0 aromatic rings. The fraction of sp³-hybridized carbons (Fsp3) is 0.688. The lowest BCUT2D eigenvalue weighted by atomic mass is 9.79. The molecule has 2 spiro atoms. The van der Waals surface area contributed by atoms with Crippen LogP contribution in [0, 0.1) is 0 Å². The number of hydrogen-bond acceptors (Lipinski definition) is 5. The van der Waals surface area contributed by atoms with E-state index in [-0.39, 0.29) is 17.1 Å². The monoisotopic (exact) mass is 284 g/mol. The van der Waals surface area contributed by atoms with Gasteiger partial charge in [0.05, 0.1) is 0 Å². The Bertz CT molecular complexity index is 657. The summed E-state index contributed by atoms with van der Waals surface area (Å²) in [5.41, 5.74) is 4.53. The number of nitrogens with zero attached hydrogens (tertiary/aromatic N) is 4. The first-order valence-corrected chi connectivity index (χ1v) is 7.80. The highest BCUT2D eigenvalue weighted by molar-refractivity contribution is 6.12. The van der Waals surface area contributed by atoms with Crippen molar-refractivity contribution in [2.24, 2.45) is 20.0 Å². The van der Waals surface area contributed by atoms with E-state index in [9.17, 15) is 4.79 Å². The van der Waals surface area contributed by atoms with Crippen LogP contribution in [0.15, 0.2) is 20.0 Å². The molecule has 0 saturated heterocycles. The summed E-state index contributed by atoms with van der Waals surface area (Å²) in [7, 11) is 0. The predicted molar refractivity (Wildman–Crippen MR) is 83.9 cm³/mol. The molecule has 0 amide bonds. The molecule has 4 aliphatic rings. The molecule has 4 rings (SSSR count). The molecule has 5 heteroatoms. The molecule has 4 heterocycles. The first-order chi connectivity index (χ1) is 10.00. The summed E-state index contributed by atoms with van der Waals surface area (Å²) < 4.78 is 0. The molecule has 0 aliphatic carbocycles. The maximum atomic E-state index is 11.0. The highest BCUT2D eigenvalue weighted by Gasteiger charge is 2.49. The van der Waals surface area contributed by atoms with E-state index in [4.69, 9.17) is 4.99 Å². The first-order valence-electron chi connectivity index (χ1n) is 7.80. The summed E-state index contributed by atoms with van der Waals surface area (Å²) in [6.07, 6.45) is 6.35. The second-order valence-corrected chi connectivity index (χ2v) is 6.79. The van der Waals surface area contributed by atoms with Crippen molar-refractivity contribution in [3.63, 3.8) is 0 Å². The predicted octanol–water partition coefficient (Wildman–Crippen LogP) is 2.54. The van der Waals surface area contributed by atoms with Crippen LogP contribution in [-0.2, 0) is 4.79 Å². The van der Waals surface area contributed by atoms with Crippen LogP contribution in [0.2, 0.25) is 0 Å². The Morgan fingerprint density at radius 2 is 1.33 bits per heavy atom. The molecule has 2 atom stereocenters. The summed E-state index contributed by atoms with van der Waals surface area (Å²) in [4.78, 5) is 29.5. The second-order valence-electron chi connectivity index (χ2n) is 6.79. The Hall–Kier alpha value is -1.65. The van der Waals surface area contributed by atoms with E-state index in [1.807, 2.05) is 0 Å². The number of hydrogen-bond donors (Lipinski definition) is 0. The van der Waals surface area contributed by atoms with Crippen molar-refractivity contribution in [2.45, 2.75) is 70.1 Å². The lowest BCUT2D eigenvalue weighted by Gasteiger charge is -2.45. The lowest BCUT2D eigenvalue weighted by molar-refractivity contribution is -0.115. The Morgan fingerprint density at radius 3 is 1.76 bits per heavy atom. The van der Waals surface area contributed by atoms with E-state index in [0.29, 0.717) is 6.42 Å². The van der Waals surface area contributed by atoms with Crippen LogP contribution in [0.5, 0.6) is 0 Å². The largest absolute Gasteiger partial charge is 0.300 e. The van der Waals surface area contributed by atoms with Gasteiger partial charge in [-0.3, -0.25) is 24.8 Å². The molecule has 0 saturated carbocycles. The van der Waals surface area contributed by atoms with Crippen LogP contribution < -0.4 is 0 Å². The molecule has 0 N–H and O–H groups in total.